The van der Waals surface area contributed by atoms with Crippen LogP contribution < -0.4 is 9.47 Å². The SMILES string of the molecule is COc1ccccc1C(=O)N1CCCC(O)(COc2cc(C)c(Cl)c(C)c2)C1. The van der Waals surface area contributed by atoms with E-state index in [-0.39, 0.29) is 19.1 Å². The molecule has 0 aromatic heterocycles. The number of aliphatic hydroxyl groups is 1. The Labute approximate surface area is 170 Å². The van der Waals surface area contributed by atoms with Gasteiger partial charge in [0.1, 0.15) is 23.7 Å². The molecule has 2 aromatic carbocycles. The van der Waals surface area contributed by atoms with Gasteiger partial charge < -0.3 is 19.5 Å². The highest BCUT2D eigenvalue weighted by Crippen LogP contribution is 2.29. The second kappa shape index (κ2) is 8.41. The number of para-hydroxylation sites is 1. The monoisotopic (exact) mass is 403 g/mol. The van der Waals surface area contributed by atoms with Crippen molar-refractivity contribution in [2.24, 2.45) is 0 Å². The van der Waals surface area contributed by atoms with Crippen molar-refractivity contribution in [3.8, 4) is 11.5 Å². The fourth-order valence-corrected chi connectivity index (χ4v) is 3.71. The standard InChI is InChI=1S/C22H26ClNO4/c1-15-11-17(12-16(2)20(15)23)28-14-22(26)9-6-10-24(13-22)21(25)18-7-4-5-8-19(18)27-3/h4-5,7-8,11-12,26H,6,9-10,13-14H2,1-3H3. The maximum atomic E-state index is 12.9. The zero-order valence-corrected chi connectivity index (χ0v) is 17.3. The highest BCUT2D eigenvalue weighted by molar-refractivity contribution is 6.32. The lowest BCUT2D eigenvalue weighted by molar-refractivity contribution is -0.0532. The predicted octanol–water partition coefficient (Wildman–Crippen LogP) is 4.01. The Hall–Kier alpha value is -2.24. The molecule has 28 heavy (non-hydrogen) atoms. The smallest absolute Gasteiger partial charge is 0.257 e. The van der Waals surface area contributed by atoms with Gasteiger partial charge in [-0.15, -0.1) is 0 Å². The molecule has 5 nitrogen and oxygen atoms in total. The summed E-state index contributed by atoms with van der Waals surface area (Å²) >= 11 is 6.20. The van der Waals surface area contributed by atoms with Gasteiger partial charge in [0.25, 0.3) is 5.91 Å². The second-order valence-corrected chi connectivity index (χ2v) is 7.79. The Kier molecular flexibility index (Phi) is 6.16. The van der Waals surface area contributed by atoms with Gasteiger partial charge in [0.2, 0.25) is 0 Å². The molecule has 0 aliphatic carbocycles. The quantitative estimate of drug-likeness (QED) is 0.819. The summed E-state index contributed by atoms with van der Waals surface area (Å²) in [6.45, 7) is 4.77. The molecule has 1 N–H and O–H groups in total. The van der Waals surface area contributed by atoms with Crippen molar-refractivity contribution in [2.75, 3.05) is 26.8 Å². The Bertz CT molecular complexity index is 846. The molecule has 0 bridgehead atoms. The van der Waals surface area contributed by atoms with Crippen molar-refractivity contribution in [3.63, 3.8) is 0 Å². The van der Waals surface area contributed by atoms with Gasteiger partial charge in [0.05, 0.1) is 19.2 Å². The average molecular weight is 404 g/mol. The third-order valence-electron chi connectivity index (χ3n) is 5.10. The van der Waals surface area contributed by atoms with E-state index in [0.29, 0.717) is 36.4 Å². The van der Waals surface area contributed by atoms with Gasteiger partial charge in [-0.2, -0.15) is 0 Å². The minimum Gasteiger partial charge on any atom is -0.496 e. The molecule has 1 amide bonds. The third-order valence-corrected chi connectivity index (χ3v) is 5.69. The number of β-amino-alcohol motifs (C(OH)–C–C–N with tert-alkyl or cyclic N) is 1. The van der Waals surface area contributed by atoms with E-state index >= 15 is 0 Å². The van der Waals surface area contributed by atoms with Gasteiger partial charge in [0.15, 0.2) is 0 Å². The minimum absolute atomic E-state index is 0.114. The zero-order valence-electron chi connectivity index (χ0n) is 16.5. The van der Waals surface area contributed by atoms with E-state index in [9.17, 15) is 9.90 Å². The summed E-state index contributed by atoms with van der Waals surface area (Å²) in [5.41, 5.74) is 1.26. The molecule has 0 radical (unpaired) electrons. The number of carbonyl (C=O) groups is 1. The van der Waals surface area contributed by atoms with Crippen LogP contribution in [0.4, 0.5) is 0 Å². The lowest BCUT2D eigenvalue weighted by atomic mass is 9.93. The molecule has 1 aliphatic rings. The number of hydrogen-bond donors (Lipinski definition) is 1. The fraction of sp³-hybridized carbons (Fsp3) is 0.409. The number of hydrogen-bond acceptors (Lipinski definition) is 4. The van der Waals surface area contributed by atoms with E-state index in [1.807, 2.05) is 32.0 Å². The number of rotatable bonds is 5. The van der Waals surface area contributed by atoms with Crippen LogP contribution in [0.3, 0.4) is 0 Å². The Morgan fingerprint density at radius 2 is 1.93 bits per heavy atom. The molecule has 1 atom stereocenters. The van der Waals surface area contributed by atoms with Crippen LogP contribution in [0.25, 0.3) is 0 Å². The van der Waals surface area contributed by atoms with E-state index in [4.69, 9.17) is 21.1 Å². The van der Waals surface area contributed by atoms with Crippen molar-refractivity contribution >= 4 is 17.5 Å². The number of nitrogens with zero attached hydrogens (tertiary/aromatic N) is 1. The van der Waals surface area contributed by atoms with Gasteiger partial charge in [-0.1, -0.05) is 23.7 Å². The van der Waals surface area contributed by atoms with Crippen molar-refractivity contribution < 1.29 is 19.4 Å². The molecule has 3 rings (SSSR count). The highest BCUT2D eigenvalue weighted by Gasteiger charge is 2.37. The van der Waals surface area contributed by atoms with E-state index < -0.39 is 5.60 Å². The van der Waals surface area contributed by atoms with Gasteiger partial charge in [-0.3, -0.25) is 4.79 Å². The lowest BCUT2D eigenvalue weighted by Crippen LogP contribution is -2.53. The van der Waals surface area contributed by atoms with E-state index in [1.54, 1.807) is 30.2 Å². The van der Waals surface area contributed by atoms with Crippen molar-refractivity contribution in [2.45, 2.75) is 32.3 Å². The normalized spacial score (nSPS) is 19.4. The molecule has 1 heterocycles. The van der Waals surface area contributed by atoms with Crippen molar-refractivity contribution in [1.29, 1.82) is 0 Å². The highest BCUT2D eigenvalue weighted by atomic mass is 35.5. The first-order chi connectivity index (χ1) is 13.3. The van der Waals surface area contributed by atoms with E-state index in [0.717, 1.165) is 16.1 Å². The molecule has 150 valence electrons. The summed E-state index contributed by atoms with van der Waals surface area (Å²) in [7, 11) is 1.54. The van der Waals surface area contributed by atoms with Gasteiger partial charge in [-0.25, -0.2) is 0 Å². The molecule has 1 unspecified atom stereocenters. The van der Waals surface area contributed by atoms with Crippen LogP contribution in [0.15, 0.2) is 36.4 Å². The molecule has 0 saturated carbocycles. The number of benzene rings is 2. The van der Waals surface area contributed by atoms with Crippen LogP contribution in [0.1, 0.15) is 34.3 Å². The first kappa shape index (κ1) is 20.5. The second-order valence-electron chi connectivity index (χ2n) is 7.41. The molecular formula is C22H26ClNO4. The Morgan fingerprint density at radius 1 is 1.25 bits per heavy atom. The van der Waals surface area contributed by atoms with Gasteiger partial charge >= 0.3 is 0 Å². The maximum Gasteiger partial charge on any atom is 0.257 e. The molecule has 1 saturated heterocycles. The van der Waals surface area contributed by atoms with E-state index in [2.05, 4.69) is 0 Å². The molecule has 1 aliphatic heterocycles. The fourth-order valence-electron chi connectivity index (χ4n) is 3.60. The number of aryl methyl sites for hydroxylation is 2. The van der Waals surface area contributed by atoms with Crippen LogP contribution in [0, 0.1) is 13.8 Å². The molecule has 0 spiro atoms. The third kappa shape index (κ3) is 4.42. The molecule has 2 aromatic rings. The predicted molar refractivity (Wildman–Crippen MR) is 110 cm³/mol. The number of likely N-dealkylation sites (tertiary alicyclic amines) is 1. The number of methoxy groups -OCH3 is 1. The van der Waals surface area contributed by atoms with Crippen molar-refractivity contribution in [3.05, 3.63) is 58.1 Å². The number of halogens is 1. The maximum absolute atomic E-state index is 12.9. The van der Waals surface area contributed by atoms with Crippen LogP contribution in [-0.4, -0.2) is 48.3 Å². The van der Waals surface area contributed by atoms with Crippen LogP contribution in [-0.2, 0) is 0 Å². The van der Waals surface area contributed by atoms with Gasteiger partial charge in [-0.05, 0) is 62.1 Å². The van der Waals surface area contributed by atoms with Crippen LogP contribution >= 0.6 is 11.6 Å². The number of ether oxygens (including phenoxy) is 2. The van der Waals surface area contributed by atoms with Gasteiger partial charge in [0, 0.05) is 11.6 Å². The minimum atomic E-state index is -1.10. The summed E-state index contributed by atoms with van der Waals surface area (Å²) in [4.78, 5) is 14.6. The topological polar surface area (TPSA) is 59.0 Å². The van der Waals surface area contributed by atoms with E-state index in [1.165, 1.54) is 0 Å². The summed E-state index contributed by atoms with van der Waals surface area (Å²) in [5, 5.41) is 11.8. The molecular weight excluding hydrogens is 378 g/mol. The lowest BCUT2D eigenvalue weighted by Gasteiger charge is -2.39. The zero-order chi connectivity index (χ0) is 20.3. The molecule has 6 heteroatoms. The number of piperidine rings is 1. The molecule has 1 fully saturated rings. The summed E-state index contributed by atoms with van der Waals surface area (Å²) in [6, 6.07) is 10.9. The summed E-state index contributed by atoms with van der Waals surface area (Å²) in [6.07, 6.45) is 1.29. The largest absolute Gasteiger partial charge is 0.496 e. The number of carbonyl (C=O) groups excluding carboxylic acids is 1. The Balaban J connectivity index is 1.70. The first-order valence-electron chi connectivity index (χ1n) is 9.37. The summed E-state index contributed by atoms with van der Waals surface area (Å²) < 4.78 is 11.2. The Morgan fingerprint density at radius 3 is 2.61 bits per heavy atom. The van der Waals surface area contributed by atoms with Crippen molar-refractivity contribution in [1.82, 2.24) is 4.90 Å². The van der Waals surface area contributed by atoms with Crippen LogP contribution in [0.5, 0.6) is 11.5 Å². The first-order valence-corrected chi connectivity index (χ1v) is 9.75. The summed E-state index contributed by atoms with van der Waals surface area (Å²) in [5.74, 6) is 1.06. The van der Waals surface area contributed by atoms with Crippen LogP contribution in [0.2, 0.25) is 5.02 Å². The number of amides is 1. The average Bonchev–Trinajstić information content (AvgIpc) is 2.70.